The smallest absolute Gasteiger partial charge is 0.243 e. The van der Waals surface area contributed by atoms with E-state index in [4.69, 9.17) is 5.26 Å². The zero-order valence-corrected chi connectivity index (χ0v) is 13.2. The summed E-state index contributed by atoms with van der Waals surface area (Å²) in [5.74, 6) is 0.459. The van der Waals surface area contributed by atoms with Gasteiger partial charge < -0.3 is 10.2 Å². The molecule has 0 spiro atoms. The molecule has 22 heavy (non-hydrogen) atoms. The van der Waals surface area contributed by atoms with Crippen molar-refractivity contribution in [2.45, 2.75) is 4.90 Å². The first-order chi connectivity index (χ1) is 10.6. The van der Waals surface area contributed by atoms with E-state index in [1.807, 2.05) is 36.6 Å². The van der Waals surface area contributed by atoms with Crippen LogP contribution in [0.3, 0.4) is 0 Å². The number of nitrogens with zero attached hydrogens (tertiary/aromatic N) is 3. The lowest BCUT2D eigenvalue weighted by atomic mass is 10.3. The van der Waals surface area contributed by atoms with Gasteiger partial charge in [-0.2, -0.15) is 5.26 Å². The highest BCUT2D eigenvalue weighted by molar-refractivity contribution is 7.98. The molecule has 1 N–H and O–H groups in total. The van der Waals surface area contributed by atoms with Gasteiger partial charge >= 0.3 is 0 Å². The molecule has 2 rings (SSSR count). The number of benzene rings is 1. The van der Waals surface area contributed by atoms with Crippen LogP contribution in [-0.2, 0) is 4.79 Å². The fourth-order valence-electron chi connectivity index (χ4n) is 1.93. The second-order valence-corrected chi connectivity index (χ2v) is 5.45. The van der Waals surface area contributed by atoms with Gasteiger partial charge in [0, 0.05) is 11.9 Å². The first-order valence-electron chi connectivity index (χ1n) is 6.65. The minimum absolute atomic E-state index is 0.131. The number of hydrogen-bond donors (Lipinski definition) is 1. The molecule has 1 amide bonds. The molecule has 6 heteroatoms. The lowest BCUT2D eigenvalue weighted by Crippen LogP contribution is -2.30. The van der Waals surface area contributed by atoms with Crippen molar-refractivity contribution < 1.29 is 4.79 Å². The van der Waals surface area contributed by atoms with Crippen LogP contribution in [0.15, 0.2) is 47.4 Å². The number of likely N-dealkylation sites (N-methyl/N-ethyl adjacent to an activating group) is 1. The Balaban J connectivity index is 2.03. The van der Waals surface area contributed by atoms with Crippen molar-refractivity contribution in [1.82, 2.24) is 4.98 Å². The Morgan fingerprint density at radius 1 is 1.32 bits per heavy atom. The molecular weight excluding hydrogens is 296 g/mol. The molecule has 0 atom stereocenters. The van der Waals surface area contributed by atoms with Crippen molar-refractivity contribution >= 4 is 29.2 Å². The quantitative estimate of drug-likeness (QED) is 0.860. The van der Waals surface area contributed by atoms with Crippen LogP contribution in [0.25, 0.3) is 0 Å². The van der Waals surface area contributed by atoms with Gasteiger partial charge in [-0.15, -0.1) is 11.8 Å². The lowest BCUT2D eigenvalue weighted by molar-refractivity contribution is -0.114. The number of nitriles is 1. The maximum atomic E-state index is 12.2. The van der Waals surface area contributed by atoms with Crippen LogP contribution in [0.5, 0.6) is 0 Å². The number of nitrogens with one attached hydrogen (secondary N) is 1. The van der Waals surface area contributed by atoms with Crippen LogP contribution < -0.4 is 10.2 Å². The highest BCUT2D eigenvalue weighted by atomic mass is 32.2. The molecule has 0 unspecified atom stereocenters. The Labute approximate surface area is 134 Å². The predicted octanol–water partition coefficient (Wildman–Crippen LogP) is 2.75. The second-order valence-electron chi connectivity index (χ2n) is 4.60. The highest BCUT2D eigenvalue weighted by Crippen LogP contribution is 2.24. The van der Waals surface area contributed by atoms with E-state index in [9.17, 15) is 4.79 Å². The van der Waals surface area contributed by atoms with Gasteiger partial charge in [-0.25, -0.2) is 4.98 Å². The molecule has 0 fully saturated rings. The fraction of sp³-hybridized carbons (Fsp3) is 0.188. The van der Waals surface area contributed by atoms with E-state index in [0.717, 1.165) is 10.6 Å². The molecule has 0 saturated heterocycles. The Morgan fingerprint density at radius 2 is 2.09 bits per heavy atom. The van der Waals surface area contributed by atoms with Crippen molar-refractivity contribution in [1.29, 1.82) is 5.26 Å². The van der Waals surface area contributed by atoms with Crippen LogP contribution in [0.2, 0.25) is 0 Å². The van der Waals surface area contributed by atoms with Gasteiger partial charge in [-0.3, -0.25) is 4.79 Å². The molecule has 1 aromatic carbocycles. The summed E-state index contributed by atoms with van der Waals surface area (Å²) in [6, 6.07) is 14.8. The Hall–Kier alpha value is -2.52. The van der Waals surface area contributed by atoms with Crippen LogP contribution in [0.1, 0.15) is 5.69 Å². The highest BCUT2D eigenvalue weighted by Gasteiger charge is 2.11. The monoisotopic (exact) mass is 312 g/mol. The molecule has 1 heterocycles. The maximum Gasteiger partial charge on any atom is 0.243 e. The van der Waals surface area contributed by atoms with Crippen LogP contribution in [-0.4, -0.2) is 30.7 Å². The van der Waals surface area contributed by atoms with Crippen LogP contribution in [0.4, 0.5) is 11.5 Å². The topological polar surface area (TPSA) is 69.0 Å². The molecule has 5 nitrogen and oxygen atoms in total. The molecule has 0 saturated carbocycles. The third-order valence-corrected chi connectivity index (χ3v) is 3.80. The normalized spacial score (nSPS) is 9.86. The number of carbonyl (C=O) groups is 1. The lowest BCUT2D eigenvalue weighted by Gasteiger charge is -2.18. The van der Waals surface area contributed by atoms with Crippen molar-refractivity contribution in [3.05, 3.63) is 48.2 Å². The summed E-state index contributed by atoms with van der Waals surface area (Å²) in [6.45, 7) is 0.157. The van der Waals surface area contributed by atoms with Crippen molar-refractivity contribution in [2.75, 3.05) is 30.1 Å². The molecule has 0 aliphatic rings. The number of para-hydroxylation sites is 1. The fourth-order valence-corrected chi connectivity index (χ4v) is 2.49. The predicted molar refractivity (Wildman–Crippen MR) is 89.1 cm³/mol. The van der Waals surface area contributed by atoms with Gasteiger partial charge in [0.25, 0.3) is 0 Å². The van der Waals surface area contributed by atoms with Crippen molar-refractivity contribution in [3.8, 4) is 6.07 Å². The maximum absolute atomic E-state index is 12.2. The van der Waals surface area contributed by atoms with E-state index in [2.05, 4.69) is 10.3 Å². The molecule has 0 bridgehead atoms. The minimum Gasteiger partial charge on any atom is -0.350 e. The SMILES string of the molecule is CSc1ccccc1NC(=O)CN(C)c1cccc(C#N)n1. The Kier molecular flexibility index (Phi) is 5.39. The summed E-state index contributed by atoms with van der Waals surface area (Å²) in [5, 5.41) is 11.8. The summed E-state index contributed by atoms with van der Waals surface area (Å²) in [7, 11) is 1.77. The molecular formula is C16H16N4OS. The van der Waals surface area contributed by atoms with Gasteiger partial charge in [0.2, 0.25) is 5.91 Å². The Morgan fingerprint density at radius 3 is 2.82 bits per heavy atom. The Bertz CT molecular complexity index is 711. The second kappa shape index (κ2) is 7.48. The summed E-state index contributed by atoms with van der Waals surface area (Å²) >= 11 is 1.58. The summed E-state index contributed by atoms with van der Waals surface area (Å²) in [4.78, 5) is 19.1. The number of amides is 1. The summed E-state index contributed by atoms with van der Waals surface area (Å²) < 4.78 is 0. The third kappa shape index (κ3) is 3.99. The van der Waals surface area contributed by atoms with Crippen LogP contribution in [0, 0.1) is 11.3 Å². The molecule has 0 aliphatic carbocycles. The number of aromatic nitrogens is 1. The third-order valence-electron chi connectivity index (χ3n) is 3.00. The van der Waals surface area contributed by atoms with E-state index < -0.39 is 0 Å². The number of pyridine rings is 1. The van der Waals surface area contributed by atoms with Crippen LogP contribution >= 0.6 is 11.8 Å². The molecule has 0 aliphatic heterocycles. The van der Waals surface area contributed by atoms with E-state index in [-0.39, 0.29) is 12.5 Å². The molecule has 112 valence electrons. The summed E-state index contributed by atoms with van der Waals surface area (Å²) in [6.07, 6.45) is 1.97. The molecule has 1 aromatic heterocycles. The number of carbonyl (C=O) groups excluding carboxylic acids is 1. The minimum atomic E-state index is -0.131. The van der Waals surface area contributed by atoms with E-state index in [1.165, 1.54) is 0 Å². The van der Waals surface area contributed by atoms with Crippen molar-refractivity contribution in [2.24, 2.45) is 0 Å². The molecule has 0 radical (unpaired) electrons. The zero-order chi connectivity index (χ0) is 15.9. The first kappa shape index (κ1) is 15.9. The first-order valence-corrected chi connectivity index (χ1v) is 7.87. The van der Waals surface area contributed by atoms with E-state index >= 15 is 0 Å². The average molecular weight is 312 g/mol. The summed E-state index contributed by atoms with van der Waals surface area (Å²) in [5.41, 5.74) is 1.13. The zero-order valence-electron chi connectivity index (χ0n) is 12.4. The van der Waals surface area contributed by atoms with E-state index in [1.54, 1.807) is 41.9 Å². The van der Waals surface area contributed by atoms with Gasteiger partial charge in [0.15, 0.2) is 0 Å². The number of anilines is 2. The average Bonchev–Trinajstić information content (AvgIpc) is 2.55. The number of thioether (sulfide) groups is 1. The number of rotatable bonds is 5. The van der Waals surface area contributed by atoms with E-state index in [0.29, 0.717) is 11.5 Å². The van der Waals surface area contributed by atoms with Gasteiger partial charge in [-0.05, 0) is 30.5 Å². The van der Waals surface area contributed by atoms with Crippen molar-refractivity contribution in [3.63, 3.8) is 0 Å². The molecule has 2 aromatic rings. The standard InChI is InChI=1S/C16H16N4OS/c1-20(15-9-5-6-12(10-17)18-15)11-16(21)19-13-7-3-4-8-14(13)22-2/h3-9H,11H2,1-2H3,(H,19,21). The van der Waals surface area contributed by atoms with Gasteiger partial charge in [0.1, 0.15) is 17.6 Å². The number of hydrogen-bond acceptors (Lipinski definition) is 5. The largest absolute Gasteiger partial charge is 0.350 e. The van der Waals surface area contributed by atoms with Gasteiger partial charge in [-0.1, -0.05) is 18.2 Å². The van der Waals surface area contributed by atoms with Gasteiger partial charge in [0.05, 0.1) is 12.2 Å².